The summed E-state index contributed by atoms with van der Waals surface area (Å²) in [4.78, 5) is 24.6. The Morgan fingerprint density at radius 2 is 2.05 bits per heavy atom. The summed E-state index contributed by atoms with van der Waals surface area (Å²) in [5.74, 6) is -0.449. The van der Waals surface area contributed by atoms with Crippen LogP contribution in [0, 0.1) is 10.8 Å². The average Bonchev–Trinajstić information content (AvgIpc) is 2.59. The van der Waals surface area contributed by atoms with Crippen LogP contribution in [0.5, 0.6) is 0 Å². The van der Waals surface area contributed by atoms with Crippen molar-refractivity contribution in [2.75, 3.05) is 13.7 Å². The van der Waals surface area contributed by atoms with Crippen LogP contribution in [0.25, 0.3) is 0 Å². The molecular formula is C14H23NO4. The summed E-state index contributed by atoms with van der Waals surface area (Å²) >= 11 is 0. The lowest BCUT2D eigenvalue weighted by Crippen LogP contribution is -2.55. The minimum atomic E-state index is -1.03. The highest BCUT2D eigenvalue weighted by molar-refractivity contribution is 5.96. The second-order valence-corrected chi connectivity index (χ2v) is 6.50. The molecule has 2 bridgehead atoms. The standard InChI is InChI=1S/C14H23NO4/c1-9(8-18-5)15-10(16)14-7-6-13(4,11(17)19-14)12(14,2)3/h9H,6-8H2,1-5H3,(H,15,16)/t9-,13-,14-/m0/s1. The second-order valence-electron chi connectivity index (χ2n) is 6.50. The summed E-state index contributed by atoms with van der Waals surface area (Å²) < 4.78 is 10.5. The maximum atomic E-state index is 12.6. The number of esters is 1. The first kappa shape index (κ1) is 14.3. The highest BCUT2D eigenvalue weighted by Crippen LogP contribution is 2.65. The summed E-state index contributed by atoms with van der Waals surface area (Å²) in [5, 5.41) is 2.89. The van der Waals surface area contributed by atoms with Gasteiger partial charge in [0.2, 0.25) is 0 Å². The van der Waals surface area contributed by atoms with Crippen LogP contribution in [0.2, 0.25) is 0 Å². The minimum absolute atomic E-state index is 0.103. The van der Waals surface area contributed by atoms with Crippen LogP contribution in [0.15, 0.2) is 0 Å². The molecular weight excluding hydrogens is 246 g/mol. The Balaban J connectivity index is 2.24. The van der Waals surface area contributed by atoms with Crippen LogP contribution in [0.1, 0.15) is 40.5 Å². The SMILES string of the molecule is COC[C@H](C)NC(=O)[C@]12CC[C@@](C)(C(=O)O1)C2(C)C. The summed E-state index contributed by atoms with van der Waals surface area (Å²) in [6, 6.07) is -0.103. The van der Waals surface area contributed by atoms with Crippen LogP contribution in [0.3, 0.4) is 0 Å². The third-order valence-corrected chi connectivity index (χ3v) is 5.24. The monoisotopic (exact) mass is 269 g/mol. The summed E-state index contributed by atoms with van der Waals surface area (Å²) in [6.45, 7) is 8.11. The molecule has 0 unspecified atom stereocenters. The predicted molar refractivity (Wildman–Crippen MR) is 69.4 cm³/mol. The molecule has 0 aromatic rings. The van der Waals surface area contributed by atoms with Crippen molar-refractivity contribution in [1.82, 2.24) is 5.32 Å². The third kappa shape index (κ3) is 1.64. The Kier molecular flexibility index (Phi) is 3.16. The lowest BCUT2D eigenvalue weighted by molar-refractivity contribution is -0.168. The highest BCUT2D eigenvalue weighted by atomic mass is 16.6. The van der Waals surface area contributed by atoms with Crippen LogP contribution in [0.4, 0.5) is 0 Å². The van der Waals surface area contributed by atoms with Gasteiger partial charge in [0.25, 0.3) is 5.91 Å². The fourth-order valence-electron chi connectivity index (χ4n) is 3.38. The van der Waals surface area contributed by atoms with E-state index in [4.69, 9.17) is 9.47 Å². The van der Waals surface area contributed by atoms with Gasteiger partial charge in [-0.1, -0.05) is 13.8 Å². The van der Waals surface area contributed by atoms with E-state index in [2.05, 4.69) is 5.32 Å². The van der Waals surface area contributed by atoms with E-state index in [1.165, 1.54) is 0 Å². The Labute approximate surface area is 114 Å². The minimum Gasteiger partial charge on any atom is -0.448 e. The molecule has 1 saturated heterocycles. The van der Waals surface area contributed by atoms with Gasteiger partial charge >= 0.3 is 5.97 Å². The van der Waals surface area contributed by atoms with Crippen LogP contribution < -0.4 is 5.32 Å². The molecule has 3 atom stereocenters. The zero-order chi connectivity index (χ0) is 14.5. The van der Waals surface area contributed by atoms with Gasteiger partial charge in [-0.25, -0.2) is 0 Å². The second kappa shape index (κ2) is 4.20. The maximum Gasteiger partial charge on any atom is 0.313 e. The zero-order valence-corrected chi connectivity index (χ0v) is 12.3. The number of carbonyl (C=O) groups excluding carboxylic acids is 2. The van der Waals surface area contributed by atoms with Gasteiger partial charge in [-0.05, 0) is 26.7 Å². The molecule has 0 spiro atoms. The molecule has 19 heavy (non-hydrogen) atoms. The van der Waals surface area contributed by atoms with E-state index in [1.807, 2.05) is 27.7 Å². The maximum absolute atomic E-state index is 12.6. The molecule has 5 heteroatoms. The predicted octanol–water partition coefficient (Wildman–Crippen LogP) is 1.26. The fraction of sp³-hybridized carbons (Fsp3) is 0.857. The number of hydrogen-bond donors (Lipinski definition) is 1. The van der Waals surface area contributed by atoms with Gasteiger partial charge in [0.05, 0.1) is 12.0 Å². The van der Waals surface area contributed by atoms with Gasteiger partial charge < -0.3 is 14.8 Å². The normalized spacial score (nSPS) is 37.0. The summed E-state index contributed by atoms with van der Waals surface area (Å²) in [6.07, 6.45) is 1.29. The number of amides is 1. The van der Waals surface area contributed by atoms with Gasteiger partial charge in [-0.2, -0.15) is 0 Å². The highest BCUT2D eigenvalue weighted by Gasteiger charge is 2.75. The van der Waals surface area contributed by atoms with Crippen molar-refractivity contribution < 1.29 is 19.1 Å². The van der Waals surface area contributed by atoms with Gasteiger partial charge in [0, 0.05) is 18.6 Å². The number of hydrogen-bond acceptors (Lipinski definition) is 4. The topological polar surface area (TPSA) is 64.6 Å². The summed E-state index contributed by atoms with van der Waals surface area (Å²) in [5.41, 5.74) is -2.08. The van der Waals surface area contributed by atoms with Crippen molar-refractivity contribution in [3.8, 4) is 0 Å². The Morgan fingerprint density at radius 3 is 2.47 bits per heavy atom. The van der Waals surface area contributed by atoms with Crippen molar-refractivity contribution in [2.45, 2.75) is 52.2 Å². The molecule has 2 rings (SSSR count). The molecule has 0 aromatic carbocycles. The van der Waals surface area contributed by atoms with Crippen molar-refractivity contribution in [3.63, 3.8) is 0 Å². The van der Waals surface area contributed by atoms with Gasteiger partial charge in [-0.15, -0.1) is 0 Å². The number of fused-ring (bicyclic) bond motifs is 2. The Bertz CT molecular complexity index is 420. The fourth-order valence-corrected chi connectivity index (χ4v) is 3.38. The zero-order valence-electron chi connectivity index (χ0n) is 12.3. The molecule has 1 amide bonds. The van der Waals surface area contributed by atoms with Crippen LogP contribution in [-0.2, 0) is 19.1 Å². The summed E-state index contributed by atoms with van der Waals surface area (Å²) in [7, 11) is 1.59. The van der Waals surface area contributed by atoms with E-state index >= 15 is 0 Å². The van der Waals surface area contributed by atoms with E-state index in [9.17, 15) is 9.59 Å². The number of rotatable bonds is 4. The van der Waals surface area contributed by atoms with E-state index < -0.39 is 16.4 Å². The number of methoxy groups -OCH3 is 1. The Morgan fingerprint density at radius 1 is 1.42 bits per heavy atom. The molecule has 2 fully saturated rings. The molecule has 1 N–H and O–H groups in total. The van der Waals surface area contributed by atoms with E-state index in [1.54, 1.807) is 7.11 Å². The van der Waals surface area contributed by atoms with Gasteiger partial charge in [0.15, 0.2) is 5.60 Å². The average molecular weight is 269 g/mol. The molecule has 5 nitrogen and oxygen atoms in total. The third-order valence-electron chi connectivity index (χ3n) is 5.24. The smallest absolute Gasteiger partial charge is 0.313 e. The number of ether oxygens (including phenoxy) is 2. The molecule has 108 valence electrons. The molecule has 2 aliphatic rings. The molecule has 1 heterocycles. The number of carbonyl (C=O) groups is 2. The molecule has 1 aliphatic heterocycles. The molecule has 0 radical (unpaired) electrons. The first-order chi connectivity index (χ1) is 8.71. The largest absolute Gasteiger partial charge is 0.448 e. The van der Waals surface area contributed by atoms with Crippen molar-refractivity contribution in [1.29, 1.82) is 0 Å². The van der Waals surface area contributed by atoms with Gasteiger partial charge in [-0.3, -0.25) is 9.59 Å². The van der Waals surface area contributed by atoms with Crippen LogP contribution >= 0.6 is 0 Å². The molecule has 1 aliphatic carbocycles. The van der Waals surface area contributed by atoms with Crippen molar-refractivity contribution >= 4 is 11.9 Å². The first-order valence-corrected chi connectivity index (χ1v) is 6.74. The van der Waals surface area contributed by atoms with Crippen molar-refractivity contribution in [3.05, 3.63) is 0 Å². The van der Waals surface area contributed by atoms with E-state index in [0.29, 0.717) is 19.4 Å². The number of nitrogens with one attached hydrogen (secondary N) is 1. The quantitative estimate of drug-likeness (QED) is 0.780. The molecule has 0 aromatic heterocycles. The lowest BCUT2D eigenvalue weighted by Gasteiger charge is -2.36. The molecule has 1 saturated carbocycles. The van der Waals surface area contributed by atoms with Gasteiger partial charge in [0.1, 0.15) is 0 Å². The first-order valence-electron chi connectivity index (χ1n) is 6.74. The Hall–Kier alpha value is -1.10. The van der Waals surface area contributed by atoms with E-state index in [-0.39, 0.29) is 17.9 Å². The van der Waals surface area contributed by atoms with Crippen molar-refractivity contribution in [2.24, 2.45) is 10.8 Å². The lowest BCUT2D eigenvalue weighted by atomic mass is 9.66. The van der Waals surface area contributed by atoms with Crippen LogP contribution in [-0.4, -0.2) is 37.2 Å². The van der Waals surface area contributed by atoms with E-state index in [0.717, 1.165) is 0 Å².